The molecule has 0 saturated heterocycles. The maximum Gasteiger partial charge on any atom is 0.290 e. The first-order valence-corrected chi connectivity index (χ1v) is 11.1. The Morgan fingerprint density at radius 3 is 2.57 bits per heavy atom. The van der Waals surface area contributed by atoms with Crippen molar-refractivity contribution in [2.75, 3.05) is 13.3 Å². The maximum absolute atomic E-state index is 13.1. The van der Waals surface area contributed by atoms with E-state index >= 15 is 0 Å². The maximum atomic E-state index is 13.1. The molecule has 7 nitrogen and oxygen atoms in total. The van der Waals surface area contributed by atoms with Gasteiger partial charge in [-0.2, -0.15) is 0 Å². The number of furan rings is 1. The zero-order valence-electron chi connectivity index (χ0n) is 16.4. The van der Waals surface area contributed by atoms with Gasteiger partial charge < -0.3 is 18.8 Å². The summed E-state index contributed by atoms with van der Waals surface area (Å²) >= 11 is 0. The van der Waals surface area contributed by atoms with E-state index < -0.39 is 9.84 Å². The number of nitrogens with zero attached hydrogens (tertiary/aromatic N) is 1. The van der Waals surface area contributed by atoms with Crippen LogP contribution in [-0.2, 0) is 22.1 Å². The molecule has 3 aromatic rings. The molecule has 1 amide bonds. The molecule has 1 aliphatic heterocycles. The van der Waals surface area contributed by atoms with Crippen LogP contribution in [0.5, 0.6) is 11.5 Å². The van der Waals surface area contributed by atoms with Gasteiger partial charge in [-0.05, 0) is 42.8 Å². The van der Waals surface area contributed by atoms with Crippen LogP contribution in [0.2, 0.25) is 0 Å². The quantitative estimate of drug-likeness (QED) is 0.572. The predicted octanol–water partition coefficient (Wildman–Crippen LogP) is 3.64. The molecule has 0 unspecified atom stereocenters. The summed E-state index contributed by atoms with van der Waals surface area (Å²) in [6, 6.07) is 15.2. The van der Waals surface area contributed by atoms with Crippen molar-refractivity contribution >= 4 is 15.7 Å². The van der Waals surface area contributed by atoms with Crippen molar-refractivity contribution in [3.63, 3.8) is 0 Å². The number of hydrogen-bond acceptors (Lipinski definition) is 6. The molecule has 8 heteroatoms. The molecule has 4 rings (SSSR count). The van der Waals surface area contributed by atoms with Gasteiger partial charge in [0.2, 0.25) is 6.79 Å². The van der Waals surface area contributed by atoms with E-state index in [0.717, 1.165) is 5.56 Å². The van der Waals surface area contributed by atoms with Crippen LogP contribution in [0.25, 0.3) is 0 Å². The lowest BCUT2D eigenvalue weighted by molar-refractivity contribution is 0.0719. The number of fused-ring (bicyclic) bond motifs is 1. The summed E-state index contributed by atoms with van der Waals surface area (Å²) < 4.78 is 41.6. The lowest BCUT2D eigenvalue weighted by Gasteiger charge is -2.20. The number of rotatable bonds is 7. The molecular weight excluding hydrogens is 406 g/mol. The van der Waals surface area contributed by atoms with Crippen molar-refractivity contribution in [2.45, 2.75) is 24.1 Å². The van der Waals surface area contributed by atoms with Gasteiger partial charge in [-0.3, -0.25) is 4.79 Å². The fourth-order valence-electron chi connectivity index (χ4n) is 3.28. The van der Waals surface area contributed by atoms with Gasteiger partial charge >= 0.3 is 0 Å². The largest absolute Gasteiger partial charge is 0.459 e. The summed E-state index contributed by atoms with van der Waals surface area (Å²) in [5, 5.41) is 0. The smallest absolute Gasteiger partial charge is 0.290 e. The van der Waals surface area contributed by atoms with E-state index in [2.05, 4.69) is 0 Å². The van der Waals surface area contributed by atoms with Gasteiger partial charge in [-0.1, -0.05) is 24.3 Å². The van der Waals surface area contributed by atoms with Gasteiger partial charge in [-0.15, -0.1) is 0 Å². The second kappa shape index (κ2) is 8.23. The summed E-state index contributed by atoms with van der Waals surface area (Å²) in [7, 11) is -3.60. The molecule has 1 aromatic heterocycles. The molecular formula is C22H21NO6S. The Hall–Kier alpha value is -3.26. The first-order chi connectivity index (χ1) is 14.5. The lowest BCUT2D eigenvalue weighted by Crippen LogP contribution is -2.30. The van der Waals surface area contributed by atoms with E-state index in [9.17, 15) is 13.2 Å². The highest BCUT2D eigenvalue weighted by Gasteiger charge is 2.26. The zero-order chi connectivity index (χ0) is 21.1. The van der Waals surface area contributed by atoms with Gasteiger partial charge in [0.1, 0.15) is 0 Å². The van der Waals surface area contributed by atoms with E-state index in [1.54, 1.807) is 29.2 Å². The van der Waals surface area contributed by atoms with Crippen LogP contribution in [0.15, 0.2) is 70.2 Å². The van der Waals surface area contributed by atoms with Crippen LogP contribution in [-0.4, -0.2) is 32.6 Å². The fraction of sp³-hybridized carbons (Fsp3) is 0.227. The normalized spacial score (nSPS) is 12.7. The second-order valence-electron chi connectivity index (χ2n) is 6.85. The van der Waals surface area contributed by atoms with E-state index in [1.165, 1.54) is 24.5 Å². The SMILES string of the molecule is CCN(Cc1ccc2c(c1)OCO2)C(=O)c1occc1CS(=O)(=O)c1ccccc1. The van der Waals surface area contributed by atoms with Gasteiger partial charge in [0.05, 0.1) is 16.9 Å². The third-order valence-electron chi connectivity index (χ3n) is 4.87. The average molecular weight is 427 g/mol. The minimum absolute atomic E-state index is 0.0390. The lowest BCUT2D eigenvalue weighted by atomic mass is 10.1. The number of carbonyl (C=O) groups excluding carboxylic acids is 1. The Labute approximate surface area is 174 Å². The van der Waals surface area contributed by atoms with Gasteiger partial charge in [0.15, 0.2) is 27.1 Å². The number of benzene rings is 2. The number of hydrogen-bond donors (Lipinski definition) is 0. The predicted molar refractivity (Wildman–Crippen MR) is 109 cm³/mol. The molecule has 0 fully saturated rings. The summed E-state index contributed by atoms with van der Waals surface area (Å²) in [5.41, 5.74) is 1.22. The summed E-state index contributed by atoms with van der Waals surface area (Å²) in [4.78, 5) is 14.9. The monoisotopic (exact) mass is 427 g/mol. The highest BCUT2D eigenvalue weighted by Crippen LogP contribution is 2.33. The fourth-order valence-corrected chi connectivity index (χ4v) is 4.66. The number of sulfone groups is 1. The summed E-state index contributed by atoms with van der Waals surface area (Å²) in [6.07, 6.45) is 1.34. The molecule has 0 saturated carbocycles. The standard InChI is InChI=1S/C22H21NO6S/c1-2-23(13-16-8-9-19-20(12-16)29-15-28-19)22(24)21-17(10-11-27-21)14-30(25,26)18-6-4-3-5-7-18/h3-12H,2,13-15H2,1H3. The number of carbonyl (C=O) groups is 1. The molecule has 0 bridgehead atoms. The van der Waals surface area contributed by atoms with Crippen molar-refractivity contribution in [2.24, 2.45) is 0 Å². The van der Waals surface area contributed by atoms with Crippen molar-refractivity contribution in [3.05, 3.63) is 77.7 Å². The van der Waals surface area contributed by atoms with Gasteiger partial charge in [0.25, 0.3) is 5.91 Å². The Kier molecular flexibility index (Phi) is 5.50. The highest BCUT2D eigenvalue weighted by atomic mass is 32.2. The molecule has 156 valence electrons. The third kappa shape index (κ3) is 4.04. The first kappa shape index (κ1) is 20.0. The average Bonchev–Trinajstić information content (AvgIpc) is 3.40. The van der Waals surface area contributed by atoms with Crippen LogP contribution < -0.4 is 9.47 Å². The zero-order valence-corrected chi connectivity index (χ0v) is 17.2. The van der Waals surface area contributed by atoms with Crippen LogP contribution in [0.4, 0.5) is 0 Å². The minimum Gasteiger partial charge on any atom is -0.459 e. The molecule has 0 aliphatic carbocycles. The Morgan fingerprint density at radius 1 is 1.03 bits per heavy atom. The summed E-state index contributed by atoms with van der Waals surface area (Å²) in [5.74, 6) is 0.683. The minimum atomic E-state index is -3.60. The molecule has 0 N–H and O–H groups in total. The Balaban J connectivity index is 1.54. The van der Waals surface area contributed by atoms with Crippen LogP contribution in [0, 0.1) is 0 Å². The second-order valence-corrected chi connectivity index (χ2v) is 8.84. The van der Waals surface area contributed by atoms with E-state index in [-0.39, 0.29) is 29.1 Å². The molecule has 1 aliphatic rings. The molecule has 0 spiro atoms. The molecule has 30 heavy (non-hydrogen) atoms. The third-order valence-corrected chi connectivity index (χ3v) is 6.55. The molecule has 2 aromatic carbocycles. The van der Waals surface area contributed by atoms with Crippen molar-refractivity contribution < 1.29 is 27.1 Å². The van der Waals surface area contributed by atoms with Gasteiger partial charge in [-0.25, -0.2) is 8.42 Å². The van der Waals surface area contributed by atoms with Crippen LogP contribution in [0.1, 0.15) is 28.6 Å². The van der Waals surface area contributed by atoms with Crippen LogP contribution >= 0.6 is 0 Å². The van der Waals surface area contributed by atoms with Crippen LogP contribution in [0.3, 0.4) is 0 Å². The topological polar surface area (TPSA) is 86.1 Å². The van der Waals surface area contributed by atoms with Crippen molar-refractivity contribution in [3.8, 4) is 11.5 Å². The Bertz CT molecular complexity index is 1150. The molecule has 0 atom stereocenters. The number of ether oxygens (including phenoxy) is 2. The number of amides is 1. The van der Waals surface area contributed by atoms with E-state index in [0.29, 0.717) is 30.2 Å². The summed E-state index contributed by atoms with van der Waals surface area (Å²) in [6.45, 7) is 2.80. The highest BCUT2D eigenvalue weighted by molar-refractivity contribution is 7.90. The van der Waals surface area contributed by atoms with Crippen molar-refractivity contribution in [1.82, 2.24) is 4.90 Å². The first-order valence-electron chi connectivity index (χ1n) is 9.50. The molecule has 2 heterocycles. The van der Waals surface area contributed by atoms with Gasteiger partial charge in [0, 0.05) is 18.7 Å². The Morgan fingerprint density at radius 2 is 1.80 bits per heavy atom. The molecule has 0 radical (unpaired) electrons. The van der Waals surface area contributed by atoms with Crippen molar-refractivity contribution in [1.29, 1.82) is 0 Å². The van der Waals surface area contributed by atoms with E-state index in [1.807, 2.05) is 19.1 Å². The van der Waals surface area contributed by atoms with E-state index in [4.69, 9.17) is 13.9 Å².